The highest BCUT2D eigenvalue weighted by molar-refractivity contribution is 6.30. The summed E-state index contributed by atoms with van der Waals surface area (Å²) < 4.78 is 0. The Kier molecular flexibility index (Phi) is 2.66. The lowest BCUT2D eigenvalue weighted by atomic mass is 10.2. The number of nitrogens with one attached hydrogen (secondary N) is 1. The van der Waals surface area contributed by atoms with Crippen LogP contribution < -0.4 is 5.32 Å². The highest BCUT2D eigenvalue weighted by Gasteiger charge is 2.29. The van der Waals surface area contributed by atoms with Crippen LogP contribution >= 0.6 is 11.6 Å². The Hall–Kier alpha value is -1.81. The van der Waals surface area contributed by atoms with E-state index in [-0.39, 0.29) is 11.6 Å². The minimum absolute atomic E-state index is 0.273. The fourth-order valence-electron chi connectivity index (χ4n) is 1.35. The fourth-order valence-corrected chi connectivity index (χ4v) is 1.47. The quantitative estimate of drug-likeness (QED) is 0.598. The minimum atomic E-state index is -0.412. The molecule has 0 bridgehead atoms. The van der Waals surface area contributed by atoms with E-state index in [9.17, 15) is 9.59 Å². The highest BCUT2D eigenvalue weighted by atomic mass is 35.5. The Bertz CT molecular complexity index is 479. The van der Waals surface area contributed by atoms with Gasteiger partial charge in [-0.1, -0.05) is 23.7 Å². The molecule has 4 nitrogen and oxygen atoms in total. The van der Waals surface area contributed by atoms with Gasteiger partial charge in [-0.25, -0.2) is 4.79 Å². The van der Waals surface area contributed by atoms with Crippen molar-refractivity contribution in [3.05, 3.63) is 40.5 Å². The van der Waals surface area contributed by atoms with Crippen molar-refractivity contribution < 1.29 is 9.59 Å². The Balaban J connectivity index is 2.29. The second-order valence-corrected chi connectivity index (χ2v) is 3.84. The van der Waals surface area contributed by atoms with Gasteiger partial charge in [0.1, 0.15) is 5.70 Å². The van der Waals surface area contributed by atoms with Gasteiger partial charge >= 0.3 is 6.03 Å². The van der Waals surface area contributed by atoms with E-state index in [1.807, 2.05) is 0 Å². The van der Waals surface area contributed by atoms with E-state index in [0.29, 0.717) is 5.02 Å². The number of halogens is 1. The predicted molar refractivity (Wildman–Crippen MR) is 60.7 cm³/mol. The predicted octanol–water partition coefficient (Wildman–Crippen LogP) is 1.86. The molecule has 2 rings (SSSR count). The first-order valence-electron chi connectivity index (χ1n) is 4.64. The van der Waals surface area contributed by atoms with Crippen LogP contribution in [0.25, 0.3) is 6.08 Å². The number of benzene rings is 1. The van der Waals surface area contributed by atoms with E-state index >= 15 is 0 Å². The molecule has 0 radical (unpaired) electrons. The van der Waals surface area contributed by atoms with Gasteiger partial charge in [0.25, 0.3) is 5.91 Å². The molecule has 0 unspecified atom stereocenters. The number of amides is 3. The molecule has 1 N–H and O–H groups in total. The molecule has 1 aliphatic heterocycles. The van der Waals surface area contributed by atoms with Gasteiger partial charge in [-0.05, 0) is 23.8 Å². The lowest BCUT2D eigenvalue weighted by molar-refractivity contribution is -0.121. The van der Waals surface area contributed by atoms with Crippen LogP contribution in [-0.4, -0.2) is 23.9 Å². The largest absolute Gasteiger partial charge is 0.328 e. The van der Waals surface area contributed by atoms with Crippen molar-refractivity contribution in [3.8, 4) is 0 Å². The molecule has 0 aromatic heterocycles. The molecule has 1 saturated heterocycles. The molecular formula is C11H9ClN2O2. The van der Waals surface area contributed by atoms with Crippen LogP contribution in [-0.2, 0) is 4.79 Å². The van der Waals surface area contributed by atoms with Gasteiger partial charge in [-0.2, -0.15) is 0 Å². The Morgan fingerprint density at radius 2 is 1.88 bits per heavy atom. The third-order valence-corrected chi connectivity index (χ3v) is 2.51. The maximum atomic E-state index is 11.5. The van der Waals surface area contributed by atoms with Crippen LogP contribution in [0.2, 0.25) is 5.02 Å². The Labute approximate surface area is 97.5 Å². The molecule has 16 heavy (non-hydrogen) atoms. The van der Waals surface area contributed by atoms with Crippen LogP contribution in [0.1, 0.15) is 5.56 Å². The Morgan fingerprint density at radius 3 is 2.38 bits per heavy atom. The number of imide groups is 1. The molecule has 1 fully saturated rings. The zero-order valence-corrected chi connectivity index (χ0v) is 9.28. The van der Waals surface area contributed by atoms with Gasteiger partial charge in [0.2, 0.25) is 0 Å². The summed E-state index contributed by atoms with van der Waals surface area (Å²) in [5, 5.41) is 3.11. The molecule has 0 atom stereocenters. The molecule has 82 valence electrons. The Morgan fingerprint density at radius 1 is 1.25 bits per heavy atom. The van der Waals surface area contributed by atoms with Gasteiger partial charge < -0.3 is 5.32 Å². The summed E-state index contributed by atoms with van der Waals surface area (Å²) in [6.45, 7) is 0. The third kappa shape index (κ3) is 1.92. The standard InChI is InChI=1S/C11H9ClN2O2/c1-14-10(15)9(13-11(14)16)6-7-2-4-8(12)5-3-7/h2-6H,1H3,(H,13,16)/b9-6+. The number of carbonyl (C=O) groups excluding carboxylic acids is 2. The number of carbonyl (C=O) groups is 2. The summed E-state index contributed by atoms with van der Waals surface area (Å²) in [6.07, 6.45) is 1.61. The SMILES string of the molecule is CN1C(=O)N/C(=C/c2ccc(Cl)cc2)C1=O. The summed E-state index contributed by atoms with van der Waals surface area (Å²) in [7, 11) is 1.43. The molecule has 5 heteroatoms. The number of hydrogen-bond donors (Lipinski definition) is 1. The zero-order valence-electron chi connectivity index (χ0n) is 8.53. The summed E-state index contributed by atoms with van der Waals surface area (Å²) >= 11 is 5.74. The smallest absolute Gasteiger partial charge is 0.303 e. The van der Waals surface area contributed by atoms with Crippen molar-refractivity contribution in [3.63, 3.8) is 0 Å². The van der Waals surface area contributed by atoms with E-state index in [0.717, 1.165) is 10.5 Å². The molecule has 0 spiro atoms. The first-order chi connectivity index (χ1) is 7.58. The van der Waals surface area contributed by atoms with Crippen molar-refractivity contribution >= 4 is 29.6 Å². The molecule has 0 saturated carbocycles. The number of likely N-dealkylation sites (N-methyl/N-ethyl adjacent to an activating group) is 1. The molecule has 1 aliphatic rings. The van der Waals surface area contributed by atoms with E-state index < -0.39 is 6.03 Å². The minimum Gasteiger partial charge on any atom is -0.303 e. The van der Waals surface area contributed by atoms with Gasteiger partial charge in [0.15, 0.2) is 0 Å². The lowest BCUT2D eigenvalue weighted by Crippen LogP contribution is -2.25. The van der Waals surface area contributed by atoms with Crippen molar-refractivity contribution in [1.29, 1.82) is 0 Å². The van der Waals surface area contributed by atoms with Gasteiger partial charge in [-0.15, -0.1) is 0 Å². The first kappa shape index (κ1) is 10.7. The number of urea groups is 1. The van der Waals surface area contributed by atoms with E-state index in [2.05, 4.69) is 5.32 Å². The highest BCUT2D eigenvalue weighted by Crippen LogP contribution is 2.14. The van der Waals surface area contributed by atoms with E-state index in [1.54, 1.807) is 30.3 Å². The average Bonchev–Trinajstić information content (AvgIpc) is 2.50. The molecular weight excluding hydrogens is 228 g/mol. The summed E-state index contributed by atoms with van der Waals surface area (Å²) in [5.74, 6) is -0.333. The van der Waals surface area contributed by atoms with Crippen molar-refractivity contribution in [2.75, 3.05) is 7.05 Å². The van der Waals surface area contributed by atoms with Crippen molar-refractivity contribution in [2.45, 2.75) is 0 Å². The van der Waals surface area contributed by atoms with Crippen molar-refractivity contribution in [1.82, 2.24) is 10.2 Å². The zero-order chi connectivity index (χ0) is 11.7. The molecule has 1 aromatic rings. The first-order valence-corrected chi connectivity index (χ1v) is 5.02. The van der Waals surface area contributed by atoms with E-state index in [1.165, 1.54) is 7.05 Å². The van der Waals surface area contributed by atoms with Crippen LogP contribution in [0.3, 0.4) is 0 Å². The average molecular weight is 237 g/mol. The molecule has 1 aromatic carbocycles. The third-order valence-electron chi connectivity index (χ3n) is 2.26. The van der Waals surface area contributed by atoms with Crippen LogP contribution in [0.5, 0.6) is 0 Å². The summed E-state index contributed by atoms with van der Waals surface area (Å²) in [6, 6.07) is 6.57. The number of rotatable bonds is 1. The number of hydrogen-bond acceptors (Lipinski definition) is 2. The van der Waals surface area contributed by atoms with Gasteiger partial charge in [0.05, 0.1) is 0 Å². The van der Waals surface area contributed by atoms with Crippen LogP contribution in [0, 0.1) is 0 Å². The second-order valence-electron chi connectivity index (χ2n) is 3.40. The lowest BCUT2D eigenvalue weighted by Gasteiger charge is -1.99. The molecule has 0 aliphatic carbocycles. The topological polar surface area (TPSA) is 49.4 Å². The molecule has 3 amide bonds. The molecule has 1 heterocycles. The fraction of sp³-hybridized carbons (Fsp3) is 0.0909. The summed E-state index contributed by atoms with van der Waals surface area (Å²) in [5.41, 5.74) is 1.08. The number of nitrogens with zero attached hydrogens (tertiary/aromatic N) is 1. The van der Waals surface area contributed by atoms with E-state index in [4.69, 9.17) is 11.6 Å². The van der Waals surface area contributed by atoms with Crippen molar-refractivity contribution in [2.24, 2.45) is 0 Å². The summed E-state index contributed by atoms with van der Waals surface area (Å²) in [4.78, 5) is 23.7. The monoisotopic (exact) mass is 236 g/mol. The van der Waals surface area contributed by atoms with Crippen LogP contribution in [0.15, 0.2) is 30.0 Å². The van der Waals surface area contributed by atoms with Crippen LogP contribution in [0.4, 0.5) is 4.79 Å². The normalized spacial score (nSPS) is 18.1. The maximum absolute atomic E-state index is 11.5. The maximum Gasteiger partial charge on any atom is 0.328 e. The van der Waals surface area contributed by atoms with Gasteiger partial charge in [-0.3, -0.25) is 9.69 Å². The second kappa shape index (κ2) is 3.98. The van der Waals surface area contributed by atoms with Gasteiger partial charge in [0, 0.05) is 12.1 Å².